The standard InChI is InChI=1S/C19H31NO3/c1-5-11-20(4)12-15-14-9-8-13(2)7-6-10-19(3)17(23-19)16(14)22-18(15)21/h7,14-17H,5-6,8-12H2,1-4H3/t14-,15-,16-,17-,19+/m0/s1. The van der Waals surface area contributed by atoms with E-state index in [1.165, 1.54) is 5.57 Å². The monoisotopic (exact) mass is 321 g/mol. The van der Waals surface area contributed by atoms with Crippen LogP contribution >= 0.6 is 0 Å². The number of ether oxygens (including phenoxy) is 2. The van der Waals surface area contributed by atoms with E-state index < -0.39 is 0 Å². The van der Waals surface area contributed by atoms with Gasteiger partial charge in [-0.05, 0) is 59.5 Å². The molecule has 0 unspecified atom stereocenters. The van der Waals surface area contributed by atoms with Gasteiger partial charge in [0, 0.05) is 12.5 Å². The van der Waals surface area contributed by atoms with Crippen molar-refractivity contribution in [1.29, 1.82) is 0 Å². The van der Waals surface area contributed by atoms with Crippen LogP contribution in [0, 0.1) is 11.8 Å². The average Bonchev–Trinajstić information content (AvgIpc) is 3.06. The second-order valence-corrected chi connectivity index (χ2v) is 7.91. The van der Waals surface area contributed by atoms with Crippen LogP contribution in [0.2, 0.25) is 0 Å². The highest BCUT2D eigenvalue weighted by molar-refractivity contribution is 5.75. The van der Waals surface area contributed by atoms with Crippen LogP contribution in [0.5, 0.6) is 0 Å². The van der Waals surface area contributed by atoms with Crippen LogP contribution in [0.15, 0.2) is 11.6 Å². The maximum atomic E-state index is 12.5. The number of carbonyl (C=O) groups is 1. The Kier molecular flexibility index (Phi) is 4.84. The molecule has 0 bridgehead atoms. The number of hydrogen-bond donors (Lipinski definition) is 0. The lowest BCUT2D eigenvalue weighted by atomic mass is 9.80. The van der Waals surface area contributed by atoms with Gasteiger partial charge < -0.3 is 14.4 Å². The van der Waals surface area contributed by atoms with Crippen molar-refractivity contribution in [3.8, 4) is 0 Å². The molecule has 3 rings (SSSR count). The predicted octanol–water partition coefficient (Wildman–Crippen LogP) is 3.16. The van der Waals surface area contributed by atoms with Crippen molar-refractivity contribution < 1.29 is 14.3 Å². The lowest BCUT2D eigenvalue weighted by Crippen LogP contribution is -2.35. The van der Waals surface area contributed by atoms with Crippen molar-refractivity contribution in [3.63, 3.8) is 0 Å². The van der Waals surface area contributed by atoms with Crippen molar-refractivity contribution in [2.45, 2.75) is 70.7 Å². The van der Waals surface area contributed by atoms with Gasteiger partial charge in [0.15, 0.2) is 0 Å². The summed E-state index contributed by atoms with van der Waals surface area (Å²) in [4.78, 5) is 14.8. The summed E-state index contributed by atoms with van der Waals surface area (Å²) in [7, 11) is 2.10. The normalized spacial score (nSPS) is 40.2. The molecule has 2 aliphatic heterocycles. The first-order chi connectivity index (χ1) is 10.9. The SMILES string of the molecule is CCCN(C)C[C@@H]1C(=O)O[C@H]2[C@H]1CCC(C)=CCC[C@@]1(C)O[C@@H]21. The van der Waals surface area contributed by atoms with Crippen molar-refractivity contribution in [2.24, 2.45) is 11.8 Å². The molecule has 4 heteroatoms. The molecule has 0 radical (unpaired) electrons. The van der Waals surface area contributed by atoms with Gasteiger partial charge in [-0.3, -0.25) is 4.79 Å². The Morgan fingerprint density at radius 2 is 2.22 bits per heavy atom. The van der Waals surface area contributed by atoms with Crippen molar-refractivity contribution >= 4 is 5.97 Å². The van der Waals surface area contributed by atoms with Crippen LogP contribution in [0.3, 0.4) is 0 Å². The van der Waals surface area contributed by atoms with Crippen LogP contribution in [-0.4, -0.2) is 48.8 Å². The fraction of sp³-hybridized carbons (Fsp3) is 0.842. The maximum absolute atomic E-state index is 12.5. The summed E-state index contributed by atoms with van der Waals surface area (Å²) >= 11 is 0. The minimum Gasteiger partial charge on any atom is -0.459 e. The fourth-order valence-corrected chi connectivity index (χ4v) is 4.36. The number of rotatable bonds is 4. The summed E-state index contributed by atoms with van der Waals surface area (Å²) in [6.45, 7) is 8.38. The van der Waals surface area contributed by atoms with Gasteiger partial charge in [-0.25, -0.2) is 0 Å². The van der Waals surface area contributed by atoms with Gasteiger partial charge in [-0.1, -0.05) is 18.6 Å². The van der Waals surface area contributed by atoms with Crippen LogP contribution in [-0.2, 0) is 14.3 Å². The lowest BCUT2D eigenvalue weighted by molar-refractivity contribution is -0.145. The van der Waals surface area contributed by atoms with Gasteiger partial charge in [0.05, 0.1) is 11.5 Å². The average molecular weight is 321 g/mol. The van der Waals surface area contributed by atoms with Gasteiger partial charge >= 0.3 is 5.97 Å². The zero-order valence-corrected chi connectivity index (χ0v) is 15.0. The number of carbonyl (C=O) groups excluding carboxylic acids is 1. The molecule has 0 N–H and O–H groups in total. The molecule has 0 spiro atoms. The van der Waals surface area contributed by atoms with E-state index in [4.69, 9.17) is 9.47 Å². The third kappa shape index (κ3) is 3.48. The van der Waals surface area contributed by atoms with E-state index >= 15 is 0 Å². The third-order valence-corrected chi connectivity index (χ3v) is 5.85. The summed E-state index contributed by atoms with van der Waals surface area (Å²) < 4.78 is 11.8. The van der Waals surface area contributed by atoms with Gasteiger partial charge in [0.2, 0.25) is 0 Å². The van der Waals surface area contributed by atoms with E-state index in [9.17, 15) is 4.79 Å². The van der Waals surface area contributed by atoms with Crippen LogP contribution in [0.25, 0.3) is 0 Å². The number of hydrogen-bond acceptors (Lipinski definition) is 4. The molecule has 4 nitrogen and oxygen atoms in total. The highest BCUT2D eigenvalue weighted by atomic mass is 16.6. The molecule has 23 heavy (non-hydrogen) atoms. The minimum atomic E-state index is -0.0957. The number of epoxide rings is 1. The minimum absolute atomic E-state index is 0.00257. The van der Waals surface area contributed by atoms with E-state index in [-0.39, 0.29) is 35.6 Å². The lowest BCUT2D eigenvalue weighted by Gasteiger charge is -2.25. The van der Waals surface area contributed by atoms with Gasteiger partial charge in [-0.15, -0.1) is 0 Å². The highest BCUT2D eigenvalue weighted by Gasteiger charge is 2.62. The molecule has 0 aromatic carbocycles. The fourth-order valence-electron chi connectivity index (χ4n) is 4.36. The molecule has 2 heterocycles. The first-order valence-corrected chi connectivity index (χ1v) is 9.17. The summed E-state index contributed by atoms with van der Waals surface area (Å²) in [5.41, 5.74) is 1.34. The zero-order chi connectivity index (χ0) is 16.6. The van der Waals surface area contributed by atoms with E-state index in [1.807, 2.05) is 0 Å². The highest BCUT2D eigenvalue weighted by Crippen LogP contribution is 2.50. The van der Waals surface area contributed by atoms with Gasteiger partial charge in [0.1, 0.15) is 12.2 Å². The topological polar surface area (TPSA) is 42.1 Å². The first-order valence-electron chi connectivity index (χ1n) is 9.17. The molecular formula is C19H31NO3. The molecule has 0 saturated carbocycles. The van der Waals surface area contributed by atoms with Crippen LogP contribution in [0.4, 0.5) is 0 Å². The molecule has 130 valence electrons. The number of fused-ring (bicyclic) bond motifs is 3. The quantitative estimate of drug-likeness (QED) is 0.453. The summed E-state index contributed by atoms with van der Waals surface area (Å²) in [5, 5.41) is 0. The molecule has 0 aromatic heterocycles. The second kappa shape index (κ2) is 6.56. The van der Waals surface area contributed by atoms with Crippen LogP contribution < -0.4 is 0 Å². The maximum Gasteiger partial charge on any atom is 0.311 e. The summed E-state index contributed by atoms with van der Waals surface area (Å²) in [6.07, 6.45) is 7.69. The Hall–Kier alpha value is -0.870. The molecule has 5 atom stereocenters. The molecular weight excluding hydrogens is 290 g/mol. The van der Waals surface area contributed by atoms with Gasteiger partial charge in [-0.2, -0.15) is 0 Å². The van der Waals surface area contributed by atoms with E-state index in [0.29, 0.717) is 0 Å². The number of allylic oxidation sites excluding steroid dienone is 2. The summed E-state index contributed by atoms with van der Waals surface area (Å²) in [5.74, 6) is 0.272. The van der Waals surface area contributed by atoms with Crippen LogP contribution in [0.1, 0.15) is 52.9 Å². The smallest absolute Gasteiger partial charge is 0.311 e. The number of esters is 1. The Balaban J connectivity index is 1.77. The molecule has 2 saturated heterocycles. The Morgan fingerprint density at radius 3 is 2.96 bits per heavy atom. The van der Waals surface area contributed by atoms with Gasteiger partial charge in [0.25, 0.3) is 0 Å². The first kappa shape index (κ1) is 17.0. The summed E-state index contributed by atoms with van der Waals surface area (Å²) in [6, 6.07) is 0. The van der Waals surface area contributed by atoms with E-state index in [2.05, 4.69) is 38.8 Å². The zero-order valence-electron chi connectivity index (χ0n) is 15.0. The molecule has 0 amide bonds. The van der Waals surface area contributed by atoms with E-state index in [1.54, 1.807) is 0 Å². The Morgan fingerprint density at radius 1 is 1.43 bits per heavy atom. The Labute approximate surface area is 140 Å². The predicted molar refractivity (Wildman–Crippen MR) is 90.2 cm³/mol. The van der Waals surface area contributed by atoms with E-state index in [0.717, 1.165) is 45.2 Å². The largest absolute Gasteiger partial charge is 0.459 e. The van der Waals surface area contributed by atoms with Crippen molar-refractivity contribution in [1.82, 2.24) is 4.90 Å². The molecule has 1 aliphatic carbocycles. The molecule has 2 fully saturated rings. The van der Waals surface area contributed by atoms with Crippen molar-refractivity contribution in [3.05, 3.63) is 11.6 Å². The molecule has 3 aliphatic rings. The number of nitrogens with zero attached hydrogens (tertiary/aromatic N) is 1. The molecule has 0 aromatic rings. The second-order valence-electron chi connectivity index (χ2n) is 7.91. The third-order valence-electron chi connectivity index (χ3n) is 5.85. The van der Waals surface area contributed by atoms with Crippen molar-refractivity contribution in [2.75, 3.05) is 20.1 Å². The Bertz CT molecular complexity index is 489.